The molecule has 0 unspecified atom stereocenters. The van der Waals surface area contributed by atoms with E-state index in [-0.39, 0.29) is 5.56 Å². The smallest absolute Gasteiger partial charge is 0.335 e. The SMILES string of the molecule is O=C(O)c1cccc(OCCCOCc2ccccc2)c1. The lowest BCUT2D eigenvalue weighted by molar-refractivity contribution is 0.0696. The van der Waals surface area contributed by atoms with E-state index >= 15 is 0 Å². The summed E-state index contributed by atoms with van der Waals surface area (Å²) in [4.78, 5) is 10.8. The standard InChI is InChI=1S/C17H18O4/c18-17(19)15-8-4-9-16(12-15)21-11-5-10-20-13-14-6-2-1-3-7-14/h1-4,6-9,12H,5,10-11,13H2,(H,18,19). The molecule has 0 radical (unpaired) electrons. The molecule has 1 N–H and O–H groups in total. The zero-order chi connectivity index (χ0) is 14.9. The summed E-state index contributed by atoms with van der Waals surface area (Å²) in [5.41, 5.74) is 1.38. The van der Waals surface area contributed by atoms with Gasteiger partial charge in [0.15, 0.2) is 0 Å². The van der Waals surface area contributed by atoms with Crippen molar-refractivity contribution in [1.29, 1.82) is 0 Å². The second-order valence-electron chi connectivity index (χ2n) is 4.57. The fraction of sp³-hybridized carbons (Fsp3) is 0.235. The topological polar surface area (TPSA) is 55.8 Å². The van der Waals surface area contributed by atoms with Crippen LogP contribution >= 0.6 is 0 Å². The molecule has 0 aliphatic heterocycles. The van der Waals surface area contributed by atoms with Crippen molar-refractivity contribution in [1.82, 2.24) is 0 Å². The number of rotatable bonds is 8. The molecule has 4 heteroatoms. The number of ether oxygens (including phenoxy) is 2. The van der Waals surface area contributed by atoms with E-state index in [1.807, 2.05) is 30.3 Å². The van der Waals surface area contributed by atoms with E-state index in [2.05, 4.69) is 0 Å². The summed E-state index contributed by atoms with van der Waals surface area (Å²) in [6.45, 7) is 1.70. The van der Waals surface area contributed by atoms with E-state index in [9.17, 15) is 4.79 Å². The van der Waals surface area contributed by atoms with Crippen LogP contribution in [0.25, 0.3) is 0 Å². The van der Waals surface area contributed by atoms with E-state index in [4.69, 9.17) is 14.6 Å². The Kier molecular flexibility index (Phi) is 5.79. The zero-order valence-electron chi connectivity index (χ0n) is 11.7. The van der Waals surface area contributed by atoms with Crippen molar-refractivity contribution >= 4 is 5.97 Å². The minimum absolute atomic E-state index is 0.229. The first-order valence-electron chi connectivity index (χ1n) is 6.83. The Morgan fingerprint density at radius 3 is 2.57 bits per heavy atom. The molecule has 0 spiro atoms. The van der Waals surface area contributed by atoms with Crippen LogP contribution in [-0.4, -0.2) is 24.3 Å². The van der Waals surface area contributed by atoms with Gasteiger partial charge in [0, 0.05) is 6.42 Å². The van der Waals surface area contributed by atoms with Crippen LogP contribution < -0.4 is 4.74 Å². The molecule has 0 saturated heterocycles. The molecule has 21 heavy (non-hydrogen) atoms. The van der Waals surface area contributed by atoms with Gasteiger partial charge >= 0.3 is 5.97 Å². The molecule has 110 valence electrons. The fourth-order valence-corrected chi connectivity index (χ4v) is 1.83. The molecule has 0 atom stereocenters. The Labute approximate surface area is 123 Å². The minimum atomic E-state index is -0.952. The Balaban J connectivity index is 1.64. The molecule has 4 nitrogen and oxygen atoms in total. The lowest BCUT2D eigenvalue weighted by atomic mass is 10.2. The quantitative estimate of drug-likeness (QED) is 0.756. The molecule has 2 aromatic rings. The number of aromatic carboxylic acids is 1. The molecule has 0 saturated carbocycles. The summed E-state index contributed by atoms with van der Waals surface area (Å²) in [6.07, 6.45) is 0.754. The molecule has 0 aromatic heterocycles. The van der Waals surface area contributed by atoms with Crippen LogP contribution in [0.15, 0.2) is 54.6 Å². The Hall–Kier alpha value is -2.33. The van der Waals surface area contributed by atoms with Crippen molar-refractivity contribution in [3.63, 3.8) is 0 Å². The van der Waals surface area contributed by atoms with Crippen molar-refractivity contribution in [2.45, 2.75) is 13.0 Å². The molecule has 0 heterocycles. The van der Waals surface area contributed by atoms with Gasteiger partial charge in [0.2, 0.25) is 0 Å². The van der Waals surface area contributed by atoms with Crippen molar-refractivity contribution in [3.8, 4) is 5.75 Å². The van der Waals surface area contributed by atoms with E-state index < -0.39 is 5.97 Å². The number of hydrogen-bond acceptors (Lipinski definition) is 3. The van der Waals surface area contributed by atoms with Crippen LogP contribution in [-0.2, 0) is 11.3 Å². The first kappa shape index (κ1) is 15.1. The van der Waals surface area contributed by atoms with Gasteiger partial charge in [0.05, 0.1) is 25.4 Å². The molecule has 0 amide bonds. The second kappa shape index (κ2) is 8.07. The van der Waals surface area contributed by atoms with Crippen molar-refractivity contribution in [2.75, 3.05) is 13.2 Å². The van der Waals surface area contributed by atoms with E-state index in [1.165, 1.54) is 12.1 Å². The predicted octanol–water partition coefficient (Wildman–Crippen LogP) is 3.37. The maximum Gasteiger partial charge on any atom is 0.335 e. The van der Waals surface area contributed by atoms with Crippen molar-refractivity contribution in [2.24, 2.45) is 0 Å². The highest BCUT2D eigenvalue weighted by molar-refractivity contribution is 5.87. The fourth-order valence-electron chi connectivity index (χ4n) is 1.83. The summed E-state index contributed by atoms with van der Waals surface area (Å²) >= 11 is 0. The minimum Gasteiger partial charge on any atom is -0.493 e. The Morgan fingerprint density at radius 2 is 1.81 bits per heavy atom. The first-order valence-corrected chi connectivity index (χ1v) is 6.83. The lowest BCUT2D eigenvalue weighted by Gasteiger charge is -2.07. The third-order valence-electron chi connectivity index (χ3n) is 2.89. The molecule has 0 fully saturated rings. The van der Waals surface area contributed by atoms with Gasteiger partial charge in [-0.3, -0.25) is 0 Å². The number of benzene rings is 2. The number of hydrogen-bond donors (Lipinski definition) is 1. The zero-order valence-corrected chi connectivity index (χ0v) is 11.7. The number of carboxylic acid groups (broad SMARTS) is 1. The van der Waals surface area contributed by atoms with Gasteiger partial charge in [-0.1, -0.05) is 36.4 Å². The maximum absolute atomic E-state index is 10.8. The highest BCUT2D eigenvalue weighted by Gasteiger charge is 2.03. The highest BCUT2D eigenvalue weighted by Crippen LogP contribution is 2.13. The predicted molar refractivity (Wildman–Crippen MR) is 79.6 cm³/mol. The van der Waals surface area contributed by atoms with Gasteiger partial charge in [0.25, 0.3) is 0 Å². The number of carboxylic acids is 1. The summed E-state index contributed by atoms with van der Waals surface area (Å²) < 4.78 is 11.1. The van der Waals surface area contributed by atoms with Crippen LogP contribution in [0.1, 0.15) is 22.3 Å². The molecular formula is C17H18O4. The molecule has 0 bridgehead atoms. The molecule has 2 aromatic carbocycles. The van der Waals surface area contributed by atoms with Gasteiger partial charge in [-0.2, -0.15) is 0 Å². The summed E-state index contributed by atoms with van der Waals surface area (Å²) in [5.74, 6) is -0.385. The Bertz CT molecular complexity index is 566. The summed E-state index contributed by atoms with van der Waals surface area (Å²) in [7, 11) is 0. The second-order valence-corrected chi connectivity index (χ2v) is 4.57. The average molecular weight is 286 g/mol. The lowest BCUT2D eigenvalue weighted by Crippen LogP contribution is -2.04. The average Bonchev–Trinajstić information content (AvgIpc) is 2.52. The monoisotopic (exact) mass is 286 g/mol. The van der Waals surface area contributed by atoms with Crippen LogP contribution in [0.4, 0.5) is 0 Å². The van der Waals surface area contributed by atoms with Crippen LogP contribution in [0.5, 0.6) is 5.75 Å². The highest BCUT2D eigenvalue weighted by atomic mass is 16.5. The van der Waals surface area contributed by atoms with Crippen LogP contribution in [0.3, 0.4) is 0 Å². The Morgan fingerprint density at radius 1 is 1.00 bits per heavy atom. The van der Waals surface area contributed by atoms with Gasteiger partial charge in [-0.15, -0.1) is 0 Å². The van der Waals surface area contributed by atoms with Gasteiger partial charge in [0.1, 0.15) is 5.75 Å². The first-order chi connectivity index (χ1) is 10.3. The van der Waals surface area contributed by atoms with Gasteiger partial charge < -0.3 is 14.6 Å². The third kappa shape index (κ3) is 5.28. The van der Waals surface area contributed by atoms with Gasteiger partial charge in [-0.05, 0) is 23.8 Å². The van der Waals surface area contributed by atoms with Crippen LogP contribution in [0.2, 0.25) is 0 Å². The van der Waals surface area contributed by atoms with Crippen molar-refractivity contribution < 1.29 is 19.4 Å². The largest absolute Gasteiger partial charge is 0.493 e. The molecular weight excluding hydrogens is 268 g/mol. The van der Waals surface area contributed by atoms with E-state index in [0.717, 1.165) is 12.0 Å². The number of carbonyl (C=O) groups is 1. The summed E-state index contributed by atoms with van der Waals surface area (Å²) in [6, 6.07) is 16.5. The summed E-state index contributed by atoms with van der Waals surface area (Å²) in [5, 5.41) is 8.88. The van der Waals surface area contributed by atoms with Gasteiger partial charge in [-0.25, -0.2) is 4.79 Å². The van der Waals surface area contributed by atoms with E-state index in [0.29, 0.717) is 25.6 Å². The maximum atomic E-state index is 10.8. The molecule has 2 rings (SSSR count). The van der Waals surface area contributed by atoms with Crippen LogP contribution in [0, 0.1) is 0 Å². The molecule has 0 aliphatic rings. The van der Waals surface area contributed by atoms with Crippen molar-refractivity contribution in [3.05, 3.63) is 65.7 Å². The van der Waals surface area contributed by atoms with E-state index in [1.54, 1.807) is 12.1 Å². The third-order valence-corrected chi connectivity index (χ3v) is 2.89. The molecule has 0 aliphatic carbocycles. The normalized spacial score (nSPS) is 10.3.